The highest BCUT2D eigenvalue weighted by molar-refractivity contribution is 6.31. The van der Waals surface area contributed by atoms with Crippen LogP contribution in [0, 0.1) is 12.8 Å². The van der Waals surface area contributed by atoms with E-state index in [0.717, 1.165) is 11.3 Å². The predicted molar refractivity (Wildman–Crippen MR) is 96.7 cm³/mol. The van der Waals surface area contributed by atoms with Gasteiger partial charge in [0, 0.05) is 28.0 Å². The molecule has 124 valence electrons. The molecule has 0 unspecified atom stereocenters. The number of rotatable bonds is 3. The Bertz CT molecular complexity index is 807. The SMILES string of the molecule is Cc1cc(N2CC[C@H](C(=O)Nc3cccc(Cl)c3)C2=O)ccc1Cl. The van der Waals surface area contributed by atoms with Crippen molar-refractivity contribution >= 4 is 46.4 Å². The van der Waals surface area contributed by atoms with Crippen LogP contribution in [0.2, 0.25) is 10.0 Å². The molecule has 1 heterocycles. The Morgan fingerprint density at radius 1 is 1.21 bits per heavy atom. The number of nitrogens with one attached hydrogen (secondary N) is 1. The quantitative estimate of drug-likeness (QED) is 0.827. The molecule has 1 fully saturated rings. The minimum absolute atomic E-state index is 0.198. The van der Waals surface area contributed by atoms with Gasteiger partial charge >= 0.3 is 0 Å². The molecule has 2 amide bonds. The average molecular weight is 363 g/mol. The van der Waals surface area contributed by atoms with Crippen LogP contribution >= 0.6 is 23.2 Å². The van der Waals surface area contributed by atoms with Gasteiger partial charge in [0.15, 0.2) is 0 Å². The van der Waals surface area contributed by atoms with Gasteiger partial charge < -0.3 is 10.2 Å². The predicted octanol–water partition coefficient (Wildman–Crippen LogP) is 4.29. The normalized spacial score (nSPS) is 17.2. The smallest absolute Gasteiger partial charge is 0.239 e. The second-order valence-corrected chi connectivity index (χ2v) is 6.61. The van der Waals surface area contributed by atoms with E-state index in [1.807, 2.05) is 13.0 Å². The zero-order chi connectivity index (χ0) is 17.3. The van der Waals surface area contributed by atoms with Gasteiger partial charge in [-0.05, 0) is 55.3 Å². The van der Waals surface area contributed by atoms with Crippen molar-refractivity contribution in [3.8, 4) is 0 Å². The van der Waals surface area contributed by atoms with Gasteiger partial charge in [0.25, 0.3) is 0 Å². The summed E-state index contributed by atoms with van der Waals surface area (Å²) in [5.74, 6) is -1.20. The molecule has 0 spiro atoms. The number of halogens is 2. The number of nitrogens with zero attached hydrogens (tertiary/aromatic N) is 1. The van der Waals surface area contributed by atoms with Crippen LogP contribution in [-0.4, -0.2) is 18.4 Å². The number of carbonyl (C=O) groups is 2. The number of amides is 2. The molecule has 4 nitrogen and oxygen atoms in total. The van der Waals surface area contributed by atoms with E-state index in [9.17, 15) is 9.59 Å². The largest absolute Gasteiger partial charge is 0.325 e. The summed E-state index contributed by atoms with van der Waals surface area (Å²) in [5.41, 5.74) is 2.25. The van der Waals surface area contributed by atoms with Crippen LogP contribution in [0.5, 0.6) is 0 Å². The monoisotopic (exact) mass is 362 g/mol. The second-order valence-electron chi connectivity index (χ2n) is 5.76. The first kappa shape index (κ1) is 16.8. The van der Waals surface area contributed by atoms with Gasteiger partial charge in [-0.2, -0.15) is 0 Å². The molecular weight excluding hydrogens is 347 g/mol. The lowest BCUT2D eigenvalue weighted by molar-refractivity contribution is -0.129. The molecule has 24 heavy (non-hydrogen) atoms. The van der Waals surface area contributed by atoms with E-state index in [1.165, 1.54) is 0 Å². The van der Waals surface area contributed by atoms with Gasteiger partial charge in [-0.25, -0.2) is 0 Å². The van der Waals surface area contributed by atoms with Crippen molar-refractivity contribution in [1.29, 1.82) is 0 Å². The van der Waals surface area contributed by atoms with Crippen molar-refractivity contribution < 1.29 is 9.59 Å². The second kappa shape index (κ2) is 6.83. The summed E-state index contributed by atoms with van der Waals surface area (Å²) in [7, 11) is 0. The fraction of sp³-hybridized carbons (Fsp3) is 0.222. The molecule has 1 N–H and O–H groups in total. The number of anilines is 2. The first-order valence-corrected chi connectivity index (χ1v) is 8.35. The third-order valence-corrected chi connectivity index (χ3v) is 4.73. The third kappa shape index (κ3) is 3.40. The van der Waals surface area contributed by atoms with Gasteiger partial charge in [0.2, 0.25) is 11.8 Å². The molecule has 0 radical (unpaired) electrons. The highest BCUT2D eigenvalue weighted by atomic mass is 35.5. The summed E-state index contributed by atoms with van der Waals surface area (Å²) < 4.78 is 0. The van der Waals surface area contributed by atoms with Crippen molar-refractivity contribution in [3.63, 3.8) is 0 Å². The topological polar surface area (TPSA) is 49.4 Å². The van der Waals surface area contributed by atoms with E-state index in [-0.39, 0.29) is 11.8 Å². The molecule has 0 aromatic heterocycles. The Morgan fingerprint density at radius 3 is 2.71 bits per heavy atom. The molecule has 1 saturated heterocycles. The Hall–Kier alpha value is -2.04. The molecular formula is C18H16Cl2N2O2. The Morgan fingerprint density at radius 2 is 2.00 bits per heavy atom. The zero-order valence-corrected chi connectivity index (χ0v) is 14.6. The number of aryl methyl sites for hydroxylation is 1. The summed E-state index contributed by atoms with van der Waals surface area (Å²) in [6.07, 6.45) is 0.479. The molecule has 0 bridgehead atoms. The average Bonchev–Trinajstić information content (AvgIpc) is 2.92. The van der Waals surface area contributed by atoms with Gasteiger partial charge in [-0.3, -0.25) is 9.59 Å². The summed E-state index contributed by atoms with van der Waals surface area (Å²) in [6, 6.07) is 12.3. The molecule has 1 aliphatic heterocycles. The first-order chi connectivity index (χ1) is 11.5. The fourth-order valence-corrected chi connectivity index (χ4v) is 3.08. The highest BCUT2D eigenvalue weighted by Gasteiger charge is 2.37. The fourth-order valence-electron chi connectivity index (χ4n) is 2.77. The zero-order valence-electron chi connectivity index (χ0n) is 13.1. The number of hydrogen-bond donors (Lipinski definition) is 1. The van der Waals surface area contributed by atoms with Crippen molar-refractivity contribution in [3.05, 3.63) is 58.1 Å². The van der Waals surface area contributed by atoms with Crippen LogP contribution in [0.3, 0.4) is 0 Å². The first-order valence-electron chi connectivity index (χ1n) is 7.59. The van der Waals surface area contributed by atoms with Gasteiger partial charge in [-0.15, -0.1) is 0 Å². The van der Waals surface area contributed by atoms with Crippen LogP contribution in [0.15, 0.2) is 42.5 Å². The number of hydrogen-bond acceptors (Lipinski definition) is 2. The Kier molecular flexibility index (Phi) is 4.78. The molecule has 6 heteroatoms. The summed E-state index contributed by atoms with van der Waals surface area (Å²) >= 11 is 11.9. The minimum atomic E-state index is -0.694. The molecule has 0 saturated carbocycles. The van der Waals surface area contributed by atoms with Gasteiger partial charge in [-0.1, -0.05) is 29.3 Å². The highest BCUT2D eigenvalue weighted by Crippen LogP contribution is 2.29. The van der Waals surface area contributed by atoms with Gasteiger partial charge in [0.1, 0.15) is 5.92 Å². The van der Waals surface area contributed by atoms with Crippen molar-refractivity contribution in [2.24, 2.45) is 5.92 Å². The molecule has 3 rings (SSSR count). The van der Waals surface area contributed by atoms with Crippen molar-refractivity contribution in [1.82, 2.24) is 0 Å². The number of carbonyl (C=O) groups excluding carboxylic acids is 2. The van der Waals surface area contributed by atoms with E-state index >= 15 is 0 Å². The maximum atomic E-state index is 12.6. The van der Waals surface area contributed by atoms with Gasteiger partial charge in [0.05, 0.1) is 0 Å². The molecule has 2 aromatic rings. The standard InChI is InChI=1S/C18H16Cl2N2O2/c1-11-9-14(5-6-16(11)20)22-8-7-15(18(22)24)17(23)21-13-4-2-3-12(19)10-13/h2-6,9-10,15H,7-8H2,1H3,(H,21,23)/t15-/m1/s1. The van der Waals surface area contributed by atoms with E-state index in [1.54, 1.807) is 41.3 Å². The van der Waals surface area contributed by atoms with Crippen LogP contribution in [-0.2, 0) is 9.59 Å². The Labute approximate surface area is 150 Å². The van der Waals surface area contributed by atoms with Crippen LogP contribution < -0.4 is 10.2 Å². The van der Waals surface area contributed by atoms with E-state index in [2.05, 4.69) is 5.32 Å². The number of benzene rings is 2. The van der Waals surface area contributed by atoms with E-state index in [0.29, 0.717) is 28.7 Å². The Balaban J connectivity index is 1.73. The molecule has 0 aliphatic carbocycles. The third-order valence-electron chi connectivity index (χ3n) is 4.07. The molecule has 1 aliphatic rings. The lowest BCUT2D eigenvalue weighted by Crippen LogP contribution is -2.33. The van der Waals surface area contributed by atoms with Crippen molar-refractivity contribution in [2.75, 3.05) is 16.8 Å². The van der Waals surface area contributed by atoms with Crippen LogP contribution in [0.25, 0.3) is 0 Å². The van der Waals surface area contributed by atoms with E-state index < -0.39 is 5.92 Å². The molecule has 1 atom stereocenters. The van der Waals surface area contributed by atoms with Crippen LogP contribution in [0.4, 0.5) is 11.4 Å². The maximum Gasteiger partial charge on any atom is 0.239 e. The minimum Gasteiger partial charge on any atom is -0.325 e. The summed E-state index contributed by atoms with van der Waals surface area (Å²) in [6.45, 7) is 2.39. The van der Waals surface area contributed by atoms with E-state index in [4.69, 9.17) is 23.2 Å². The van der Waals surface area contributed by atoms with Crippen molar-refractivity contribution in [2.45, 2.75) is 13.3 Å². The lowest BCUT2D eigenvalue weighted by Gasteiger charge is -2.17. The molecule has 2 aromatic carbocycles. The maximum absolute atomic E-state index is 12.6. The summed E-state index contributed by atoms with van der Waals surface area (Å²) in [4.78, 5) is 26.6. The summed E-state index contributed by atoms with van der Waals surface area (Å²) in [5, 5.41) is 3.94. The van der Waals surface area contributed by atoms with Crippen LogP contribution in [0.1, 0.15) is 12.0 Å². The lowest BCUT2D eigenvalue weighted by atomic mass is 10.1.